The van der Waals surface area contributed by atoms with Crippen LogP contribution in [-0.4, -0.2) is 43.3 Å². The first-order valence-corrected chi connectivity index (χ1v) is 8.77. The molecule has 5 nitrogen and oxygen atoms in total. The minimum Gasteiger partial charge on any atom is -0.488 e. The van der Waals surface area contributed by atoms with Crippen LogP contribution in [0.3, 0.4) is 0 Å². The second kappa shape index (κ2) is 7.25. The highest BCUT2D eigenvalue weighted by Crippen LogP contribution is 2.19. The molecule has 0 amide bonds. The van der Waals surface area contributed by atoms with Gasteiger partial charge in [0.1, 0.15) is 17.7 Å². The number of hydrogen-bond donors (Lipinski definition) is 1. The zero-order valence-electron chi connectivity index (χ0n) is 14.2. The molecular weight excluding hydrogens is 314 g/mol. The monoisotopic (exact) mass is 337 g/mol. The minimum atomic E-state index is 0.194. The summed E-state index contributed by atoms with van der Waals surface area (Å²) >= 11 is 0. The summed E-state index contributed by atoms with van der Waals surface area (Å²) in [6.45, 7) is 3.06. The first kappa shape index (κ1) is 16.1. The van der Waals surface area contributed by atoms with Gasteiger partial charge in [0.05, 0.1) is 26.3 Å². The van der Waals surface area contributed by atoms with Gasteiger partial charge in [-0.25, -0.2) is 5.84 Å². The van der Waals surface area contributed by atoms with E-state index in [0.717, 1.165) is 49.7 Å². The van der Waals surface area contributed by atoms with Crippen molar-refractivity contribution in [2.24, 2.45) is 10.8 Å². The van der Waals surface area contributed by atoms with Gasteiger partial charge in [-0.1, -0.05) is 36.4 Å². The Morgan fingerprint density at radius 3 is 2.40 bits per heavy atom. The summed E-state index contributed by atoms with van der Waals surface area (Å²) in [6, 6.07) is 16.8. The van der Waals surface area contributed by atoms with Gasteiger partial charge in [-0.3, -0.25) is 10.0 Å². The molecule has 2 heterocycles. The number of hydrazine groups is 1. The van der Waals surface area contributed by atoms with Gasteiger partial charge in [-0.15, -0.1) is 0 Å². The van der Waals surface area contributed by atoms with E-state index in [-0.39, 0.29) is 6.10 Å². The van der Waals surface area contributed by atoms with E-state index in [0.29, 0.717) is 6.61 Å². The Hall–Kier alpha value is -2.37. The number of nitrogens with two attached hydrogens (primary N) is 1. The van der Waals surface area contributed by atoms with Crippen LogP contribution in [0.5, 0.6) is 5.75 Å². The molecule has 2 aromatic rings. The van der Waals surface area contributed by atoms with Crippen LogP contribution in [0.2, 0.25) is 0 Å². The van der Waals surface area contributed by atoms with Gasteiger partial charge in [-0.2, -0.15) is 0 Å². The Kier molecular flexibility index (Phi) is 4.68. The molecule has 0 bridgehead atoms. The van der Waals surface area contributed by atoms with E-state index in [1.54, 1.807) is 5.01 Å². The number of ether oxygens (including phenoxy) is 2. The van der Waals surface area contributed by atoms with Crippen LogP contribution in [0.25, 0.3) is 0 Å². The normalized spacial score (nSPS) is 20.0. The first-order valence-electron chi connectivity index (χ1n) is 8.77. The molecule has 1 saturated heterocycles. The third-order valence-electron chi connectivity index (χ3n) is 4.61. The van der Waals surface area contributed by atoms with Crippen molar-refractivity contribution < 1.29 is 9.47 Å². The Labute approximate surface area is 148 Å². The highest BCUT2D eigenvalue weighted by atomic mass is 16.5. The van der Waals surface area contributed by atoms with E-state index >= 15 is 0 Å². The van der Waals surface area contributed by atoms with Gasteiger partial charge in [0.25, 0.3) is 0 Å². The molecule has 0 spiro atoms. The van der Waals surface area contributed by atoms with E-state index in [4.69, 9.17) is 15.3 Å². The van der Waals surface area contributed by atoms with E-state index in [1.165, 1.54) is 11.1 Å². The van der Waals surface area contributed by atoms with E-state index in [2.05, 4.69) is 41.4 Å². The molecule has 2 N–H and O–H groups in total. The zero-order chi connectivity index (χ0) is 17.1. The maximum Gasteiger partial charge on any atom is 0.145 e. The molecule has 130 valence electrons. The number of amidine groups is 1. The largest absolute Gasteiger partial charge is 0.488 e. The van der Waals surface area contributed by atoms with Crippen molar-refractivity contribution in [1.82, 2.24) is 5.01 Å². The molecule has 0 radical (unpaired) electrons. The van der Waals surface area contributed by atoms with Gasteiger partial charge >= 0.3 is 0 Å². The summed E-state index contributed by atoms with van der Waals surface area (Å²) in [5.41, 5.74) is 3.61. The Morgan fingerprint density at radius 1 is 1.08 bits per heavy atom. The summed E-state index contributed by atoms with van der Waals surface area (Å²) in [6.07, 6.45) is 2.06. The summed E-state index contributed by atoms with van der Waals surface area (Å²) in [5, 5.41) is 1.71. The van der Waals surface area contributed by atoms with Crippen molar-refractivity contribution in [2.45, 2.75) is 18.9 Å². The Morgan fingerprint density at radius 2 is 1.80 bits per heavy atom. The fraction of sp³-hybridized carbons (Fsp3) is 0.350. The van der Waals surface area contributed by atoms with Crippen LogP contribution in [0.1, 0.15) is 23.1 Å². The van der Waals surface area contributed by atoms with Crippen LogP contribution in [-0.2, 0) is 11.2 Å². The molecule has 1 atom stereocenters. The number of nitrogens with zero attached hydrogens (tertiary/aromatic N) is 2. The molecule has 1 fully saturated rings. The Balaban J connectivity index is 1.38. The maximum atomic E-state index is 5.93. The Bertz CT molecular complexity index is 735. The lowest BCUT2D eigenvalue weighted by Gasteiger charge is -2.14. The fourth-order valence-electron chi connectivity index (χ4n) is 3.21. The van der Waals surface area contributed by atoms with E-state index in [9.17, 15) is 0 Å². The SMILES string of the molecule is NN1CCN=C1c1ccc(Cc2ccc(OC3CCOC3)cc2)cc1. The lowest BCUT2D eigenvalue weighted by atomic mass is 10.0. The number of aliphatic imine (C=N–C) groups is 1. The summed E-state index contributed by atoms with van der Waals surface area (Å²) in [7, 11) is 0. The highest BCUT2D eigenvalue weighted by molar-refractivity contribution is 5.99. The quantitative estimate of drug-likeness (QED) is 0.851. The lowest BCUT2D eigenvalue weighted by molar-refractivity contribution is 0.141. The van der Waals surface area contributed by atoms with Crippen LogP contribution in [0.4, 0.5) is 0 Å². The summed E-state index contributed by atoms with van der Waals surface area (Å²) in [4.78, 5) is 4.45. The number of benzene rings is 2. The topological polar surface area (TPSA) is 60.1 Å². The van der Waals surface area contributed by atoms with Gasteiger partial charge in [-0.05, 0) is 29.7 Å². The second-order valence-corrected chi connectivity index (χ2v) is 6.52. The van der Waals surface area contributed by atoms with Crippen molar-refractivity contribution >= 4 is 5.84 Å². The molecule has 2 aliphatic rings. The van der Waals surface area contributed by atoms with Crippen molar-refractivity contribution in [2.75, 3.05) is 26.3 Å². The molecule has 2 aromatic carbocycles. The lowest BCUT2D eigenvalue weighted by Crippen LogP contribution is -2.34. The number of hydrogen-bond acceptors (Lipinski definition) is 5. The molecule has 0 aromatic heterocycles. The predicted molar refractivity (Wildman–Crippen MR) is 97.8 cm³/mol. The van der Waals surface area contributed by atoms with Crippen LogP contribution >= 0.6 is 0 Å². The molecule has 2 aliphatic heterocycles. The van der Waals surface area contributed by atoms with Crippen LogP contribution in [0.15, 0.2) is 53.5 Å². The first-order chi connectivity index (χ1) is 12.3. The van der Waals surface area contributed by atoms with Crippen LogP contribution in [0, 0.1) is 0 Å². The standard InChI is InChI=1S/C20H23N3O2/c21-23-11-10-22-20(23)17-5-1-15(2-6-17)13-16-3-7-18(8-4-16)25-19-9-12-24-14-19/h1-8,19H,9-14,21H2. The van der Waals surface area contributed by atoms with Crippen molar-refractivity contribution in [1.29, 1.82) is 0 Å². The van der Waals surface area contributed by atoms with Gasteiger partial charge < -0.3 is 9.47 Å². The molecule has 5 heteroatoms. The minimum absolute atomic E-state index is 0.194. The van der Waals surface area contributed by atoms with Gasteiger partial charge in [0.15, 0.2) is 0 Å². The molecule has 0 aliphatic carbocycles. The number of rotatable bonds is 5. The third kappa shape index (κ3) is 3.83. The smallest absolute Gasteiger partial charge is 0.145 e. The molecule has 1 unspecified atom stereocenters. The van der Waals surface area contributed by atoms with E-state index in [1.807, 2.05) is 12.1 Å². The molecular formula is C20H23N3O2. The van der Waals surface area contributed by atoms with Crippen molar-refractivity contribution in [3.8, 4) is 5.75 Å². The third-order valence-corrected chi connectivity index (χ3v) is 4.61. The average molecular weight is 337 g/mol. The van der Waals surface area contributed by atoms with Crippen LogP contribution < -0.4 is 10.6 Å². The summed E-state index contributed by atoms with van der Waals surface area (Å²) in [5.74, 6) is 7.72. The zero-order valence-corrected chi connectivity index (χ0v) is 14.2. The van der Waals surface area contributed by atoms with Gasteiger partial charge in [0.2, 0.25) is 0 Å². The fourth-order valence-corrected chi connectivity index (χ4v) is 3.21. The average Bonchev–Trinajstić information content (AvgIpc) is 3.29. The van der Waals surface area contributed by atoms with Crippen molar-refractivity contribution in [3.05, 3.63) is 65.2 Å². The van der Waals surface area contributed by atoms with Crippen molar-refractivity contribution in [3.63, 3.8) is 0 Å². The van der Waals surface area contributed by atoms with Gasteiger partial charge in [0, 0.05) is 12.0 Å². The van der Waals surface area contributed by atoms with E-state index < -0.39 is 0 Å². The maximum absolute atomic E-state index is 5.93. The molecule has 4 rings (SSSR count). The molecule has 25 heavy (non-hydrogen) atoms. The highest BCUT2D eigenvalue weighted by Gasteiger charge is 2.17. The molecule has 0 saturated carbocycles. The summed E-state index contributed by atoms with van der Waals surface area (Å²) < 4.78 is 11.2. The second-order valence-electron chi connectivity index (χ2n) is 6.52. The predicted octanol–water partition coefficient (Wildman–Crippen LogP) is 2.38.